The van der Waals surface area contributed by atoms with E-state index in [-0.39, 0.29) is 45.7 Å². The van der Waals surface area contributed by atoms with Crippen molar-refractivity contribution in [3.63, 3.8) is 0 Å². The summed E-state index contributed by atoms with van der Waals surface area (Å²) < 4.78 is 0. The predicted octanol–water partition coefficient (Wildman–Crippen LogP) is 1.93. The van der Waals surface area contributed by atoms with Gasteiger partial charge in [0.2, 0.25) is 5.91 Å². The van der Waals surface area contributed by atoms with Crippen molar-refractivity contribution >= 4 is 18.3 Å². The van der Waals surface area contributed by atoms with E-state index in [1.54, 1.807) is 13.8 Å². The summed E-state index contributed by atoms with van der Waals surface area (Å²) in [5.74, 6) is -0.582. The number of nitrogens with zero attached hydrogens (tertiary/aromatic N) is 1. The Kier molecular flexibility index (Phi) is 14.1. The zero-order valence-electron chi connectivity index (χ0n) is 11.5. The molecule has 0 rings (SSSR count). The molecule has 0 aliphatic heterocycles. The van der Waals surface area contributed by atoms with Gasteiger partial charge in [0.15, 0.2) is 0 Å². The number of carbonyl (C=O) groups excluding carboxylic acids is 3. The van der Waals surface area contributed by atoms with Gasteiger partial charge in [0.05, 0.1) is 5.92 Å². The Morgan fingerprint density at radius 1 is 1.39 bits per heavy atom. The smallest absolute Gasteiger partial charge is 0.358 e. The normalized spacial score (nSPS) is 9.22. The first-order valence-electron chi connectivity index (χ1n) is 5.22. The van der Waals surface area contributed by atoms with E-state index in [2.05, 4.69) is 4.84 Å². The maximum Gasteiger partial charge on any atom is 2.00 e. The summed E-state index contributed by atoms with van der Waals surface area (Å²) in [4.78, 5) is 37.9. The van der Waals surface area contributed by atoms with Gasteiger partial charge in [-0.15, -0.1) is 5.06 Å². The number of hydrogen-bond acceptors (Lipinski definition) is 4. The van der Waals surface area contributed by atoms with Gasteiger partial charge in [-0.2, -0.15) is 13.3 Å². The Balaban J connectivity index is -0.00000112. The topological polar surface area (TPSA) is 63.7 Å². The molecule has 0 aromatic rings. The third-order valence-corrected chi connectivity index (χ3v) is 2.06. The van der Waals surface area contributed by atoms with E-state index in [1.807, 2.05) is 13.8 Å². The molecule has 2 amide bonds. The fraction of sp³-hybridized carbons (Fsp3) is 0.583. The molecule has 0 spiro atoms. The minimum absolute atomic E-state index is 0. The Hall–Kier alpha value is -0.767. The number of hydrogen-bond donors (Lipinski definition) is 0. The van der Waals surface area contributed by atoms with Crippen LogP contribution in [0.5, 0.6) is 0 Å². The molecule has 0 saturated carbocycles. The molecule has 0 N–H and O–H groups in total. The summed E-state index contributed by atoms with van der Waals surface area (Å²) in [5.41, 5.74) is 0. The molecule has 6 heteroatoms. The number of amides is 2. The largest absolute Gasteiger partial charge is 2.00 e. The third kappa shape index (κ3) is 8.34. The zero-order valence-corrected chi connectivity index (χ0v) is 13.1. The second-order valence-corrected chi connectivity index (χ2v) is 3.88. The Bertz CT molecular complexity index is 269. The van der Waals surface area contributed by atoms with Gasteiger partial charge in [0, 0.05) is 0 Å². The molecule has 18 heavy (non-hydrogen) atoms. The Morgan fingerprint density at radius 3 is 2.22 bits per heavy atom. The van der Waals surface area contributed by atoms with E-state index >= 15 is 0 Å². The summed E-state index contributed by atoms with van der Waals surface area (Å²) in [6, 6.07) is 0. The first-order chi connectivity index (χ1) is 7.42. The summed E-state index contributed by atoms with van der Waals surface area (Å²) in [6.45, 7) is 6.97. The zero-order chi connectivity index (χ0) is 12.7. The quantitative estimate of drug-likeness (QED) is 0.330. The van der Waals surface area contributed by atoms with Gasteiger partial charge in [-0.1, -0.05) is 27.2 Å². The van der Waals surface area contributed by atoms with E-state index < -0.39 is 11.9 Å². The minimum Gasteiger partial charge on any atom is -0.358 e. The second kappa shape index (κ2) is 11.3. The molecule has 0 saturated heterocycles. The minimum atomic E-state index is -0.602. The van der Waals surface area contributed by atoms with Crippen molar-refractivity contribution in [2.45, 2.75) is 40.5 Å². The van der Waals surface area contributed by atoms with Crippen LogP contribution in [0.2, 0.25) is 0 Å². The summed E-state index contributed by atoms with van der Waals surface area (Å²) in [5, 5.41) is 0.460. The number of rotatable bonds is 5. The van der Waals surface area contributed by atoms with Crippen molar-refractivity contribution in [2.24, 2.45) is 5.92 Å². The molecule has 0 bridgehead atoms. The van der Waals surface area contributed by atoms with Crippen molar-refractivity contribution in [2.75, 3.05) is 0 Å². The van der Waals surface area contributed by atoms with Crippen LogP contribution in [-0.4, -0.2) is 23.3 Å². The van der Waals surface area contributed by atoms with Crippen LogP contribution in [0.4, 0.5) is 0 Å². The van der Waals surface area contributed by atoms with Crippen molar-refractivity contribution in [3.8, 4) is 0 Å². The molecular weight excluding hydrogens is 325 g/mol. The van der Waals surface area contributed by atoms with Gasteiger partial charge < -0.3 is 18.2 Å². The number of hydroxylamine groups is 2. The molecule has 0 aromatic heterocycles. The summed E-state index contributed by atoms with van der Waals surface area (Å²) in [6.07, 6.45) is 1.07. The van der Waals surface area contributed by atoms with Gasteiger partial charge in [0.25, 0.3) is 6.41 Å². The molecule has 0 aromatic carbocycles. The summed E-state index contributed by atoms with van der Waals surface area (Å²) in [7, 11) is 0. The third-order valence-electron chi connectivity index (χ3n) is 2.06. The van der Waals surface area contributed by atoms with Gasteiger partial charge in [0.1, 0.15) is 0 Å². The van der Waals surface area contributed by atoms with Gasteiger partial charge >= 0.3 is 25.4 Å². The van der Waals surface area contributed by atoms with Crippen LogP contribution in [-0.2, 0) is 38.7 Å². The number of carbonyl (C=O) groups is 3. The van der Waals surface area contributed by atoms with Crippen LogP contribution in [0.3, 0.4) is 0 Å². The van der Waals surface area contributed by atoms with Gasteiger partial charge in [-0.3, -0.25) is 9.59 Å². The molecule has 0 fully saturated rings. The molecule has 0 aliphatic rings. The fourth-order valence-electron chi connectivity index (χ4n) is 0.795. The second-order valence-electron chi connectivity index (χ2n) is 3.88. The van der Waals surface area contributed by atoms with Gasteiger partial charge in [-0.05, 0) is 0 Å². The van der Waals surface area contributed by atoms with Crippen molar-refractivity contribution < 1.29 is 38.7 Å². The molecule has 1 radical (unpaired) electrons. The first-order valence-corrected chi connectivity index (χ1v) is 5.22. The molecule has 0 unspecified atom stereocenters. The molecule has 5 nitrogen and oxygen atoms in total. The first kappa shape index (κ1) is 22.4. The SMILES string of the molecule is CC[C-](C)CC(=O)N(C=O)OC(=O)C(C)C.[CH3-].[Rh+2]. The summed E-state index contributed by atoms with van der Waals surface area (Å²) >= 11 is 0. The predicted molar refractivity (Wildman–Crippen MR) is 64.1 cm³/mol. The fourth-order valence-corrected chi connectivity index (χ4v) is 0.795. The van der Waals surface area contributed by atoms with E-state index in [1.165, 1.54) is 0 Å². The molecular formula is C12H21NO4Rh. The Labute approximate surface area is 122 Å². The van der Waals surface area contributed by atoms with Gasteiger partial charge in [-0.25, -0.2) is 4.79 Å². The van der Waals surface area contributed by atoms with Crippen molar-refractivity contribution in [1.82, 2.24) is 5.06 Å². The van der Waals surface area contributed by atoms with Crippen LogP contribution in [0, 0.1) is 19.3 Å². The van der Waals surface area contributed by atoms with E-state index in [4.69, 9.17) is 0 Å². The van der Waals surface area contributed by atoms with Crippen molar-refractivity contribution in [1.29, 1.82) is 0 Å². The van der Waals surface area contributed by atoms with Crippen LogP contribution in [0.25, 0.3) is 0 Å². The average Bonchev–Trinajstić information content (AvgIpc) is 2.24. The Morgan fingerprint density at radius 2 is 1.89 bits per heavy atom. The molecule has 107 valence electrons. The van der Waals surface area contributed by atoms with Crippen LogP contribution in [0.15, 0.2) is 0 Å². The van der Waals surface area contributed by atoms with Crippen LogP contribution in [0.1, 0.15) is 40.5 Å². The average molecular weight is 346 g/mol. The van der Waals surface area contributed by atoms with Crippen LogP contribution < -0.4 is 0 Å². The van der Waals surface area contributed by atoms with Crippen molar-refractivity contribution in [3.05, 3.63) is 13.3 Å². The maximum absolute atomic E-state index is 11.5. The maximum atomic E-state index is 11.5. The number of imide groups is 1. The molecule has 0 atom stereocenters. The van der Waals surface area contributed by atoms with E-state index in [9.17, 15) is 14.4 Å². The molecule has 0 heterocycles. The van der Waals surface area contributed by atoms with E-state index in [0.717, 1.165) is 12.3 Å². The van der Waals surface area contributed by atoms with Crippen LogP contribution >= 0.6 is 0 Å². The monoisotopic (exact) mass is 346 g/mol. The standard InChI is InChI=1S/C11H18NO4.CH3.Rh/c1-5-9(4)6-10(14)12(7-13)16-11(15)8(2)3;;/h7-8H,5-6H2,1-4H3;1H3;/q2*-1;+2. The van der Waals surface area contributed by atoms with E-state index in [0.29, 0.717) is 5.06 Å². The molecule has 0 aliphatic carbocycles.